The summed E-state index contributed by atoms with van der Waals surface area (Å²) in [5, 5.41) is 8.88. The summed E-state index contributed by atoms with van der Waals surface area (Å²) in [6.45, 7) is 0.481. The summed E-state index contributed by atoms with van der Waals surface area (Å²) in [5.41, 5.74) is 0.770. The van der Waals surface area contributed by atoms with Crippen LogP contribution in [0.4, 0.5) is 5.82 Å². The molecule has 0 saturated heterocycles. The van der Waals surface area contributed by atoms with Crippen LogP contribution in [0.2, 0.25) is 15.1 Å². The van der Waals surface area contributed by atoms with Crippen molar-refractivity contribution in [2.45, 2.75) is 6.54 Å². The molecule has 2 rings (SSSR count). The first-order valence-electron chi connectivity index (χ1n) is 4.94. The molecule has 1 aromatic carbocycles. The molecule has 1 N–H and O–H groups in total. The van der Waals surface area contributed by atoms with Gasteiger partial charge in [-0.25, -0.2) is 0 Å². The van der Waals surface area contributed by atoms with Gasteiger partial charge in [-0.2, -0.15) is 5.10 Å². The van der Waals surface area contributed by atoms with E-state index in [1.54, 1.807) is 16.8 Å². The molecule has 0 amide bonds. The number of aromatic nitrogens is 2. The Bertz CT molecular complexity index is 537. The fourth-order valence-corrected chi connectivity index (χ4v) is 2.10. The van der Waals surface area contributed by atoms with Crippen molar-refractivity contribution in [3.63, 3.8) is 0 Å². The van der Waals surface area contributed by atoms with Gasteiger partial charge in [0.2, 0.25) is 0 Å². The lowest BCUT2D eigenvalue weighted by atomic mass is 10.2. The van der Waals surface area contributed by atoms with E-state index in [2.05, 4.69) is 10.4 Å². The Hall–Kier alpha value is -0.900. The highest BCUT2D eigenvalue weighted by Crippen LogP contribution is 2.31. The first kappa shape index (κ1) is 12.6. The van der Waals surface area contributed by atoms with Crippen LogP contribution in [0.25, 0.3) is 0 Å². The van der Waals surface area contributed by atoms with Crippen molar-refractivity contribution >= 4 is 40.6 Å². The van der Waals surface area contributed by atoms with Crippen LogP contribution in [-0.2, 0) is 13.6 Å². The van der Waals surface area contributed by atoms with Crippen LogP contribution in [0.15, 0.2) is 24.4 Å². The fraction of sp³-hybridized carbons (Fsp3) is 0.182. The average Bonchev–Trinajstić information content (AvgIpc) is 2.70. The molecule has 2 aromatic rings. The molecule has 0 aliphatic heterocycles. The van der Waals surface area contributed by atoms with E-state index < -0.39 is 0 Å². The third kappa shape index (κ3) is 2.86. The van der Waals surface area contributed by atoms with Crippen LogP contribution in [0.1, 0.15) is 5.56 Å². The molecule has 0 atom stereocenters. The van der Waals surface area contributed by atoms with Crippen LogP contribution >= 0.6 is 34.8 Å². The first-order chi connectivity index (χ1) is 8.08. The third-order valence-corrected chi connectivity index (χ3v) is 3.50. The Labute approximate surface area is 114 Å². The highest BCUT2D eigenvalue weighted by Gasteiger charge is 2.09. The smallest absolute Gasteiger partial charge is 0.148 e. The fourth-order valence-electron chi connectivity index (χ4n) is 1.42. The average molecular weight is 291 g/mol. The molecule has 1 aromatic heterocycles. The second-order valence-corrected chi connectivity index (χ2v) is 4.74. The minimum absolute atomic E-state index is 0.475. The Kier molecular flexibility index (Phi) is 3.82. The molecule has 0 spiro atoms. The molecule has 0 radical (unpaired) electrons. The van der Waals surface area contributed by atoms with E-state index >= 15 is 0 Å². The van der Waals surface area contributed by atoms with Gasteiger partial charge in [0, 0.05) is 36.4 Å². The number of anilines is 1. The molecule has 6 heteroatoms. The molecular weight excluding hydrogens is 281 g/mol. The quantitative estimate of drug-likeness (QED) is 0.866. The Morgan fingerprint density at radius 1 is 1.18 bits per heavy atom. The van der Waals surface area contributed by atoms with E-state index in [9.17, 15) is 0 Å². The van der Waals surface area contributed by atoms with Gasteiger partial charge in [-0.15, -0.1) is 0 Å². The molecule has 0 fully saturated rings. The first-order valence-corrected chi connectivity index (χ1v) is 6.07. The van der Waals surface area contributed by atoms with Crippen molar-refractivity contribution < 1.29 is 0 Å². The minimum Gasteiger partial charge on any atom is -0.364 e. The summed E-state index contributed by atoms with van der Waals surface area (Å²) in [6, 6.07) is 5.27. The monoisotopic (exact) mass is 289 g/mol. The van der Waals surface area contributed by atoms with Gasteiger partial charge < -0.3 is 5.32 Å². The van der Waals surface area contributed by atoms with E-state index in [0.717, 1.165) is 11.4 Å². The van der Waals surface area contributed by atoms with Crippen molar-refractivity contribution in [2.24, 2.45) is 7.05 Å². The van der Waals surface area contributed by atoms with Gasteiger partial charge in [0.15, 0.2) is 0 Å². The molecule has 0 bridgehead atoms. The lowest BCUT2D eigenvalue weighted by Gasteiger charge is -2.09. The van der Waals surface area contributed by atoms with E-state index in [-0.39, 0.29) is 0 Å². The second-order valence-electron chi connectivity index (χ2n) is 3.55. The van der Waals surface area contributed by atoms with E-state index in [0.29, 0.717) is 21.6 Å². The summed E-state index contributed by atoms with van der Waals surface area (Å²) in [7, 11) is 1.85. The molecular formula is C11H10Cl3N3. The van der Waals surface area contributed by atoms with E-state index in [1.807, 2.05) is 19.3 Å². The highest BCUT2D eigenvalue weighted by atomic mass is 35.5. The Balaban J connectivity index is 2.16. The molecule has 0 saturated carbocycles. The van der Waals surface area contributed by atoms with Gasteiger partial charge in [0.25, 0.3) is 0 Å². The van der Waals surface area contributed by atoms with Gasteiger partial charge in [0.05, 0.1) is 10.0 Å². The molecule has 3 nitrogen and oxygen atoms in total. The van der Waals surface area contributed by atoms with Crippen LogP contribution in [-0.4, -0.2) is 9.78 Å². The minimum atomic E-state index is 0.475. The van der Waals surface area contributed by atoms with Crippen LogP contribution in [0, 0.1) is 0 Å². The number of hydrogen-bond donors (Lipinski definition) is 1. The largest absolute Gasteiger partial charge is 0.364 e. The van der Waals surface area contributed by atoms with Crippen molar-refractivity contribution in [2.75, 3.05) is 5.32 Å². The van der Waals surface area contributed by atoms with Gasteiger partial charge in [-0.1, -0.05) is 34.8 Å². The van der Waals surface area contributed by atoms with Crippen molar-refractivity contribution in [3.8, 4) is 0 Å². The zero-order valence-corrected chi connectivity index (χ0v) is 11.3. The highest BCUT2D eigenvalue weighted by molar-refractivity contribution is 6.44. The predicted octanol–water partition coefficient (Wildman–Crippen LogP) is 3.99. The lowest BCUT2D eigenvalue weighted by molar-refractivity contribution is 0.768. The lowest BCUT2D eigenvalue weighted by Crippen LogP contribution is -2.02. The molecule has 90 valence electrons. The standard InChI is InChI=1S/C11H10Cl3N3/c1-17-5-4-10(16-17)15-6-7-8(12)2-3-9(13)11(7)14/h2-5H,6H2,1H3,(H,15,16). The molecule has 0 aliphatic carbocycles. The maximum atomic E-state index is 6.09. The Morgan fingerprint density at radius 3 is 2.53 bits per heavy atom. The number of aryl methyl sites for hydroxylation is 1. The van der Waals surface area contributed by atoms with Gasteiger partial charge >= 0.3 is 0 Å². The number of halogens is 3. The van der Waals surface area contributed by atoms with Gasteiger partial charge in [-0.3, -0.25) is 4.68 Å². The van der Waals surface area contributed by atoms with Gasteiger partial charge in [-0.05, 0) is 12.1 Å². The topological polar surface area (TPSA) is 29.9 Å². The number of hydrogen-bond acceptors (Lipinski definition) is 2. The van der Waals surface area contributed by atoms with E-state index in [1.165, 1.54) is 0 Å². The molecule has 17 heavy (non-hydrogen) atoms. The Morgan fingerprint density at radius 2 is 1.88 bits per heavy atom. The van der Waals surface area contributed by atoms with Crippen LogP contribution in [0.5, 0.6) is 0 Å². The zero-order chi connectivity index (χ0) is 12.4. The zero-order valence-electron chi connectivity index (χ0n) is 9.04. The maximum absolute atomic E-state index is 6.09. The molecule has 0 aliphatic rings. The maximum Gasteiger partial charge on any atom is 0.148 e. The van der Waals surface area contributed by atoms with Crippen LogP contribution in [0.3, 0.4) is 0 Å². The normalized spacial score (nSPS) is 10.6. The summed E-state index contributed by atoms with van der Waals surface area (Å²) in [6.07, 6.45) is 1.85. The predicted molar refractivity (Wildman–Crippen MR) is 72.0 cm³/mol. The number of nitrogens with one attached hydrogen (secondary N) is 1. The summed E-state index contributed by atoms with van der Waals surface area (Å²) in [5.74, 6) is 0.764. The number of benzene rings is 1. The number of nitrogens with zero attached hydrogens (tertiary/aromatic N) is 2. The second kappa shape index (κ2) is 5.17. The summed E-state index contributed by atoms with van der Waals surface area (Å²) >= 11 is 18.1. The van der Waals surface area contributed by atoms with Crippen molar-refractivity contribution in [1.29, 1.82) is 0 Å². The van der Waals surface area contributed by atoms with Crippen LogP contribution < -0.4 is 5.32 Å². The third-order valence-electron chi connectivity index (χ3n) is 2.30. The molecule has 0 unspecified atom stereocenters. The summed E-state index contributed by atoms with van der Waals surface area (Å²) < 4.78 is 1.71. The number of rotatable bonds is 3. The summed E-state index contributed by atoms with van der Waals surface area (Å²) in [4.78, 5) is 0. The van der Waals surface area contributed by atoms with Crippen molar-refractivity contribution in [1.82, 2.24) is 9.78 Å². The molecule has 1 heterocycles. The van der Waals surface area contributed by atoms with Gasteiger partial charge in [0.1, 0.15) is 5.82 Å². The van der Waals surface area contributed by atoms with E-state index in [4.69, 9.17) is 34.8 Å². The SMILES string of the molecule is Cn1ccc(NCc2c(Cl)ccc(Cl)c2Cl)n1. The van der Waals surface area contributed by atoms with Crippen molar-refractivity contribution in [3.05, 3.63) is 45.0 Å².